The molecule has 0 heterocycles. The van der Waals surface area contributed by atoms with Crippen molar-refractivity contribution in [1.82, 2.24) is 0 Å². The summed E-state index contributed by atoms with van der Waals surface area (Å²) in [6.45, 7) is 11.9. The van der Waals surface area contributed by atoms with Crippen molar-refractivity contribution in [2.75, 3.05) is 0 Å². The molecule has 0 saturated heterocycles. The van der Waals surface area contributed by atoms with Crippen molar-refractivity contribution >= 4 is 21.8 Å². The van der Waals surface area contributed by atoms with Crippen LogP contribution in [0, 0.1) is 0 Å². The van der Waals surface area contributed by atoms with E-state index >= 15 is 0 Å². The number of hydrogen-bond donors (Lipinski definition) is 0. The summed E-state index contributed by atoms with van der Waals surface area (Å²) in [7, 11) is 0. The maximum atomic E-state index is 2.62. The molecule has 0 aliphatic heterocycles. The maximum absolute atomic E-state index is 2.62. The van der Waals surface area contributed by atoms with Gasteiger partial charge < -0.3 is 24.8 Å². The molecule has 0 amide bonds. The van der Waals surface area contributed by atoms with Crippen LogP contribution in [0.15, 0.2) is 109 Å². The van der Waals surface area contributed by atoms with E-state index < -0.39 is 25.8 Å². The van der Waals surface area contributed by atoms with E-state index in [2.05, 4.69) is 125 Å². The molecule has 0 spiro atoms. The first-order valence-corrected chi connectivity index (χ1v) is 21.9. The summed E-state index contributed by atoms with van der Waals surface area (Å²) in [5, 5.41) is 1.61. The van der Waals surface area contributed by atoms with Gasteiger partial charge in [-0.1, -0.05) is 0 Å². The summed E-state index contributed by atoms with van der Waals surface area (Å²) < 4.78 is 3.67. The molecular weight excluding hydrogens is 611 g/mol. The molecule has 0 nitrogen and oxygen atoms in total. The average Bonchev–Trinajstić information content (AvgIpc) is 3.52. The van der Waals surface area contributed by atoms with Crippen LogP contribution in [0.4, 0.5) is 0 Å². The number of aryl methyl sites for hydroxylation is 2. The zero-order valence-electron chi connectivity index (χ0n) is 23.7. The first-order valence-electron chi connectivity index (χ1n) is 13.8. The van der Waals surface area contributed by atoms with E-state index in [0.717, 1.165) is 25.7 Å². The van der Waals surface area contributed by atoms with Crippen LogP contribution in [0.1, 0.15) is 62.8 Å². The smallest absolute Gasteiger partial charge is 1.00 e. The van der Waals surface area contributed by atoms with Crippen LogP contribution >= 0.6 is 0 Å². The Labute approximate surface area is 256 Å². The van der Waals surface area contributed by atoms with Gasteiger partial charge in [-0.3, -0.25) is 0 Å². The van der Waals surface area contributed by atoms with E-state index in [1.165, 1.54) is 33.4 Å². The van der Waals surface area contributed by atoms with Gasteiger partial charge in [-0.25, -0.2) is 0 Å². The minimum Gasteiger partial charge on any atom is -1.00 e. The van der Waals surface area contributed by atoms with Gasteiger partial charge in [-0.15, -0.1) is 0 Å². The second-order valence-electron chi connectivity index (χ2n) is 10.3. The summed E-state index contributed by atoms with van der Waals surface area (Å²) in [6, 6.07) is 30.1. The molecule has 39 heavy (non-hydrogen) atoms. The molecule has 0 atom stereocenters. The molecular formula is C35H38Cl2SiZr. The van der Waals surface area contributed by atoms with Gasteiger partial charge in [0.2, 0.25) is 0 Å². The number of halogens is 2. The van der Waals surface area contributed by atoms with Crippen LogP contribution in [0.25, 0.3) is 11.1 Å². The van der Waals surface area contributed by atoms with Gasteiger partial charge in [-0.2, -0.15) is 0 Å². The molecule has 0 unspecified atom stereocenters. The Morgan fingerprint density at radius 3 is 1.41 bits per heavy atom. The van der Waals surface area contributed by atoms with E-state index in [1.807, 2.05) is 6.56 Å². The molecule has 5 rings (SSSR count). The van der Waals surface area contributed by atoms with Gasteiger partial charge in [0, 0.05) is 0 Å². The summed E-state index contributed by atoms with van der Waals surface area (Å²) in [6.07, 6.45) is 9.57. The Morgan fingerprint density at radius 1 is 0.615 bits per heavy atom. The Hall–Kier alpha value is -1.70. The average molecular weight is 649 g/mol. The fourth-order valence-corrected chi connectivity index (χ4v) is 26.2. The van der Waals surface area contributed by atoms with Crippen molar-refractivity contribution in [3.8, 4) is 0 Å². The first-order chi connectivity index (χ1) is 18.0. The predicted molar refractivity (Wildman–Crippen MR) is 160 cm³/mol. The summed E-state index contributed by atoms with van der Waals surface area (Å²) in [4.78, 5) is 0. The van der Waals surface area contributed by atoms with Crippen molar-refractivity contribution in [3.63, 3.8) is 0 Å². The topological polar surface area (TPSA) is 0 Å². The van der Waals surface area contributed by atoms with Crippen molar-refractivity contribution in [2.24, 2.45) is 0 Å². The third-order valence-electron chi connectivity index (χ3n) is 8.27. The molecule has 2 aliphatic carbocycles. The van der Waals surface area contributed by atoms with Crippen LogP contribution in [0.3, 0.4) is 0 Å². The van der Waals surface area contributed by atoms with E-state index in [9.17, 15) is 0 Å². The molecule has 3 aromatic rings. The van der Waals surface area contributed by atoms with Crippen molar-refractivity contribution < 1.29 is 45.2 Å². The van der Waals surface area contributed by atoms with Gasteiger partial charge in [0.15, 0.2) is 0 Å². The maximum Gasteiger partial charge on any atom is -1.00 e. The van der Waals surface area contributed by atoms with Gasteiger partial charge in [0.05, 0.1) is 0 Å². The Kier molecular flexibility index (Phi) is 11.6. The van der Waals surface area contributed by atoms with Crippen LogP contribution in [0.5, 0.6) is 0 Å². The molecule has 0 aromatic heterocycles. The molecule has 2 aliphatic rings. The largest absolute Gasteiger partial charge is 1.00 e. The normalized spacial score (nSPS) is 14.3. The third-order valence-corrected chi connectivity index (χ3v) is 27.3. The molecule has 0 fully saturated rings. The number of hydrogen-bond acceptors (Lipinski definition) is 0. The van der Waals surface area contributed by atoms with E-state index in [4.69, 9.17) is 0 Å². The second-order valence-corrected chi connectivity index (χ2v) is 25.4. The quantitative estimate of drug-likeness (QED) is 0.346. The first kappa shape index (κ1) is 31.8. The fourth-order valence-electron chi connectivity index (χ4n) is 5.90. The molecule has 3 aromatic carbocycles. The van der Waals surface area contributed by atoms with Crippen molar-refractivity contribution in [3.05, 3.63) is 131 Å². The van der Waals surface area contributed by atoms with E-state index in [1.54, 1.807) is 16.3 Å². The SMILES string of the molecule is CCc1ccc(C2=CC[C]([Zr+2]([C]3=C(C)C(c4ccc(CC)cc4)=CC3)=[Si](C)c3ccccc3)=C2C)cc1.[Cl-].[Cl-]. The molecule has 200 valence electrons. The molecule has 0 radical (unpaired) electrons. The van der Waals surface area contributed by atoms with Crippen LogP contribution in [-0.4, -0.2) is 5.43 Å². The zero-order valence-corrected chi connectivity index (χ0v) is 28.7. The number of rotatable bonds is 7. The Balaban J connectivity index is 0.00000210. The summed E-state index contributed by atoms with van der Waals surface area (Å²) in [5.41, 5.74) is 11.1. The van der Waals surface area contributed by atoms with Gasteiger partial charge in [-0.05, 0) is 0 Å². The van der Waals surface area contributed by atoms with Gasteiger partial charge >= 0.3 is 233 Å². The number of benzene rings is 3. The summed E-state index contributed by atoms with van der Waals surface area (Å²) >= 11 is -2.15. The zero-order chi connectivity index (χ0) is 25.9. The van der Waals surface area contributed by atoms with Gasteiger partial charge in [0.1, 0.15) is 0 Å². The van der Waals surface area contributed by atoms with Crippen molar-refractivity contribution in [1.29, 1.82) is 0 Å². The fraction of sp³-hybridized carbons (Fsp3) is 0.257. The van der Waals surface area contributed by atoms with Gasteiger partial charge in [0.25, 0.3) is 0 Å². The molecule has 0 N–H and O–H groups in total. The van der Waals surface area contributed by atoms with E-state index in [0.29, 0.717) is 0 Å². The van der Waals surface area contributed by atoms with E-state index in [-0.39, 0.29) is 24.8 Å². The Bertz CT molecular complexity index is 1380. The van der Waals surface area contributed by atoms with Crippen LogP contribution in [0.2, 0.25) is 6.55 Å². The third kappa shape index (κ3) is 6.62. The molecule has 0 saturated carbocycles. The van der Waals surface area contributed by atoms with Crippen LogP contribution in [-0.2, 0) is 33.2 Å². The van der Waals surface area contributed by atoms with Crippen molar-refractivity contribution in [2.45, 2.75) is 59.9 Å². The standard InChI is InChI=1S/2C14H15.C7H8Si.2ClH.Zr/c2*1-3-12-7-9-13(10-8-12)14-6-4-5-11(14)2;1-8-7-5-3-2-4-6-7;;;/h2*6-10H,3-4H2,1-2H3;2-6H,1H3;2*1H;/q;;;;;+2/p-2. The molecule has 4 heteroatoms. The monoisotopic (exact) mass is 646 g/mol. The molecule has 0 bridgehead atoms. The minimum atomic E-state index is -2.15. The van der Waals surface area contributed by atoms with Crippen LogP contribution < -0.4 is 30.0 Å². The predicted octanol–water partition coefficient (Wildman–Crippen LogP) is 2.79. The summed E-state index contributed by atoms with van der Waals surface area (Å²) in [5.74, 6) is 0. The second kappa shape index (κ2) is 14.3. The number of allylic oxidation sites excluding steroid dienone is 8. The Morgan fingerprint density at radius 2 is 1.03 bits per heavy atom. The minimum absolute atomic E-state index is 0.